The molecule has 0 fully saturated rings. The summed E-state index contributed by atoms with van der Waals surface area (Å²) in [6.07, 6.45) is 5.74. The van der Waals surface area contributed by atoms with E-state index >= 15 is 0 Å². The van der Waals surface area contributed by atoms with Gasteiger partial charge in [0.1, 0.15) is 0 Å². The van der Waals surface area contributed by atoms with Crippen LogP contribution in [0.5, 0.6) is 0 Å². The maximum Gasteiger partial charge on any atom is 0.278 e. The van der Waals surface area contributed by atoms with E-state index in [2.05, 4.69) is 6.58 Å². The van der Waals surface area contributed by atoms with Gasteiger partial charge in [0.15, 0.2) is 0 Å². The molecule has 1 heterocycles. The van der Waals surface area contributed by atoms with Crippen LogP contribution >= 0.6 is 0 Å². The van der Waals surface area contributed by atoms with Crippen LogP contribution in [0, 0.1) is 10.1 Å². The average Bonchev–Trinajstić information content (AvgIpc) is 2.72. The van der Waals surface area contributed by atoms with Crippen molar-refractivity contribution in [2.75, 3.05) is 0 Å². The number of unbranched alkanes of at least 4 members (excludes halogenated alkanes) is 1. The van der Waals surface area contributed by atoms with Crippen molar-refractivity contribution in [3.8, 4) is 0 Å². The summed E-state index contributed by atoms with van der Waals surface area (Å²) in [5.41, 5.74) is 1.09. The Labute approximate surface area is 99.3 Å². The van der Waals surface area contributed by atoms with Gasteiger partial charge >= 0.3 is 0 Å². The first-order valence-corrected chi connectivity index (χ1v) is 5.57. The van der Waals surface area contributed by atoms with E-state index in [1.54, 1.807) is 12.1 Å². The molecule has 0 radical (unpaired) electrons. The second-order valence-electron chi connectivity index (χ2n) is 3.91. The minimum atomic E-state index is -0.337. The summed E-state index contributed by atoms with van der Waals surface area (Å²) in [4.78, 5) is 10.5. The molecule has 0 spiro atoms. The number of aryl methyl sites for hydroxylation is 1. The normalized spacial score (nSPS) is 10.6. The zero-order valence-corrected chi connectivity index (χ0v) is 9.50. The molecule has 88 valence electrons. The van der Waals surface area contributed by atoms with E-state index in [0.717, 1.165) is 24.9 Å². The third-order valence-electron chi connectivity index (χ3n) is 2.79. The van der Waals surface area contributed by atoms with Crippen LogP contribution < -0.4 is 0 Å². The number of non-ortho nitro benzene ring substituents is 1. The molecule has 2 aromatic rings. The molecule has 0 bridgehead atoms. The number of nitrogens with zero attached hydrogens (tertiary/aromatic N) is 2. The Morgan fingerprint density at radius 3 is 2.94 bits per heavy atom. The van der Waals surface area contributed by atoms with E-state index in [-0.39, 0.29) is 10.6 Å². The van der Waals surface area contributed by atoms with Gasteiger partial charge in [0, 0.05) is 18.8 Å². The highest BCUT2D eigenvalue weighted by Gasteiger charge is 2.13. The second kappa shape index (κ2) is 4.82. The van der Waals surface area contributed by atoms with Crippen molar-refractivity contribution in [2.24, 2.45) is 0 Å². The van der Waals surface area contributed by atoms with E-state index in [0.29, 0.717) is 5.39 Å². The van der Waals surface area contributed by atoms with Crippen LogP contribution in [-0.4, -0.2) is 9.49 Å². The predicted octanol–water partition coefficient (Wildman–Crippen LogP) is 3.52. The minimum Gasteiger partial charge on any atom is -0.347 e. The number of benzene rings is 1. The highest BCUT2D eigenvalue weighted by atomic mass is 16.6. The fraction of sp³-hybridized carbons (Fsp3) is 0.231. The summed E-state index contributed by atoms with van der Waals surface area (Å²) >= 11 is 0. The van der Waals surface area contributed by atoms with Crippen molar-refractivity contribution >= 4 is 16.6 Å². The number of nitro benzene ring substituents is 1. The molecule has 0 aliphatic rings. The Balaban J connectivity index is 2.37. The maximum absolute atomic E-state index is 10.9. The van der Waals surface area contributed by atoms with Gasteiger partial charge in [-0.1, -0.05) is 12.1 Å². The molecule has 1 aromatic carbocycles. The van der Waals surface area contributed by atoms with Gasteiger partial charge in [-0.15, -0.1) is 6.58 Å². The van der Waals surface area contributed by atoms with E-state index in [1.165, 1.54) is 6.07 Å². The molecule has 0 N–H and O–H groups in total. The summed E-state index contributed by atoms with van der Waals surface area (Å²) < 4.78 is 2.05. The van der Waals surface area contributed by atoms with Crippen molar-refractivity contribution < 1.29 is 4.92 Å². The maximum atomic E-state index is 10.9. The Kier molecular flexibility index (Phi) is 3.23. The van der Waals surface area contributed by atoms with Crippen LogP contribution in [0.2, 0.25) is 0 Å². The summed E-state index contributed by atoms with van der Waals surface area (Å²) in [6, 6.07) is 6.98. The lowest BCUT2D eigenvalue weighted by Gasteiger charge is -2.03. The first kappa shape index (κ1) is 11.4. The topological polar surface area (TPSA) is 48.1 Å². The molecule has 0 aliphatic heterocycles. The zero-order valence-electron chi connectivity index (χ0n) is 9.50. The Hall–Kier alpha value is -2.10. The fourth-order valence-electron chi connectivity index (χ4n) is 1.97. The Morgan fingerprint density at radius 1 is 1.41 bits per heavy atom. The van der Waals surface area contributed by atoms with E-state index < -0.39 is 0 Å². The largest absolute Gasteiger partial charge is 0.347 e. The Bertz CT molecular complexity index is 558. The number of allylic oxidation sites excluding steroid dienone is 1. The van der Waals surface area contributed by atoms with Crippen molar-refractivity contribution in [1.82, 2.24) is 4.57 Å². The summed E-state index contributed by atoms with van der Waals surface area (Å²) in [5, 5.41) is 11.6. The van der Waals surface area contributed by atoms with Crippen LogP contribution in [0.1, 0.15) is 12.8 Å². The standard InChI is InChI=1S/C13H14N2O2/c1-2-3-4-9-14-10-8-11-12(14)6-5-7-13(11)15(16)17/h2,5-8,10H,1,3-4,9H2. The van der Waals surface area contributed by atoms with Crippen molar-refractivity contribution in [3.63, 3.8) is 0 Å². The highest BCUT2D eigenvalue weighted by Crippen LogP contribution is 2.26. The first-order valence-electron chi connectivity index (χ1n) is 5.57. The number of rotatable bonds is 5. The molecule has 2 rings (SSSR count). The van der Waals surface area contributed by atoms with Crippen LogP contribution in [0.3, 0.4) is 0 Å². The molecule has 0 amide bonds. The van der Waals surface area contributed by atoms with Gasteiger partial charge in [-0.05, 0) is 25.0 Å². The smallest absolute Gasteiger partial charge is 0.278 e. The molecule has 17 heavy (non-hydrogen) atoms. The van der Waals surface area contributed by atoms with Gasteiger partial charge in [-0.3, -0.25) is 10.1 Å². The summed E-state index contributed by atoms with van der Waals surface area (Å²) in [5.74, 6) is 0. The second-order valence-corrected chi connectivity index (χ2v) is 3.91. The highest BCUT2D eigenvalue weighted by molar-refractivity contribution is 5.89. The van der Waals surface area contributed by atoms with Gasteiger partial charge in [0.05, 0.1) is 15.8 Å². The van der Waals surface area contributed by atoms with E-state index in [4.69, 9.17) is 0 Å². The molecule has 4 nitrogen and oxygen atoms in total. The number of nitro groups is 1. The third kappa shape index (κ3) is 2.20. The van der Waals surface area contributed by atoms with E-state index in [1.807, 2.05) is 22.9 Å². The van der Waals surface area contributed by atoms with Gasteiger partial charge in [0.2, 0.25) is 0 Å². The SMILES string of the molecule is C=CCCCn1ccc2c([N+](=O)[O-])cccc21. The zero-order chi connectivity index (χ0) is 12.3. The summed E-state index contributed by atoms with van der Waals surface area (Å²) in [7, 11) is 0. The van der Waals surface area contributed by atoms with Crippen molar-refractivity contribution in [1.29, 1.82) is 0 Å². The van der Waals surface area contributed by atoms with Crippen molar-refractivity contribution in [2.45, 2.75) is 19.4 Å². The number of hydrogen-bond donors (Lipinski definition) is 0. The number of hydrogen-bond acceptors (Lipinski definition) is 2. The first-order chi connectivity index (χ1) is 8.24. The average molecular weight is 230 g/mol. The molecule has 0 saturated carbocycles. The van der Waals surface area contributed by atoms with Gasteiger partial charge in [-0.25, -0.2) is 0 Å². The molecule has 0 aliphatic carbocycles. The minimum absolute atomic E-state index is 0.171. The molecular formula is C13H14N2O2. The predicted molar refractivity (Wildman–Crippen MR) is 68.0 cm³/mol. The number of fused-ring (bicyclic) bond motifs is 1. The van der Waals surface area contributed by atoms with Crippen molar-refractivity contribution in [3.05, 3.63) is 53.2 Å². The molecular weight excluding hydrogens is 216 g/mol. The quantitative estimate of drug-likeness (QED) is 0.341. The van der Waals surface area contributed by atoms with Crippen LogP contribution in [0.4, 0.5) is 5.69 Å². The third-order valence-corrected chi connectivity index (χ3v) is 2.79. The number of aromatic nitrogens is 1. The fourth-order valence-corrected chi connectivity index (χ4v) is 1.97. The van der Waals surface area contributed by atoms with E-state index in [9.17, 15) is 10.1 Å². The van der Waals surface area contributed by atoms with Gasteiger partial charge < -0.3 is 4.57 Å². The van der Waals surface area contributed by atoms with Crippen LogP contribution in [0.15, 0.2) is 43.1 Å². The van der Waals surface area contributed by atoms with Crippen LogP contribution in [-0.2, 0) is 6.54 Å². The summed E-state index contributed by atoms with van der Waals surface area (Å²) in [6.45, 7) is 4.54. The molecule has 0 saturated heterocycles. The van der Waals surface area contributed by atoms with Gasteiger partial charge in [0.25, 0.3) is 5.69 Å². The van der Waals surface area contributed by atoms with Gasteiger partial charge in [-0.2, -0.15) is 0 Å². The lowest BCUT2D eigenvalue weighted by Crippen LogP contribution is -1.95. The lowest BCUT2D eigenvalue weighted by atomic mass is 10.2. The molecule has 4 heteroatoms. The lowest BCUT2D eigenvalue weighted by molar-refractivity contribution is -0.383. The molecule has 0 unspecified atom stereocenters. The molecule has 0 atom stereocenters. The Morgan fingerprint density at radius 2 is 2.24 bits per heavy atom. The monoisotopic (exact) mass is 230 g/mol. The van der Waals surface area contributed by atoms with Crippen LogP contribution in [0.25, 0.3) is 10.9 Å². The molecule has 1 aromatic heterocycles.